The molecule has 1 aromatic rings. The van der Waals surface area contributed by atoms with Gasteiger partial charge in [0.1, 0.15) is 0 Å². The summed E-state index contributed by atoms with van der Waals surface area (Å²) < 4.78 is 17.6. The third kappa shape index (κ3) is 2.89. The Morgan fingerprint density at radius 1 is 1.21 bits per heavy atom. The van der Waals surface area contributed by atoms with Gasteiger partial charge in [-0.3, -0.25) is 0 Å². The summed E-state index contributed by atoms with van der Waals surface area (Å²) in [6.07, 6.45) is 1.36. The lowest BCUT2D eigenvalue weighted by Gasteiger charge is -2.53. The Morgan fingerprint density at radius 2 is 1.92 bits per heavy atom. The lowest BCUT2D eigenvalue weighted by atomic mass is 9.63. The van der Waals surface area contributed by atoms with E-state index in [0.29, 0.717) is 22.4 Å². The average Bonchev–Trinajstić information content (AvgIpc) is 2.53. The highest BCUT2D eigenvalue weighted by molar-refractivity contribution is 6.30. The maximum absolute atomic E-state index is 10.5. The molecule has 2 bridgehead atoms. The van der Waals surface area contributed by atoms with Crippen LogP contribution in [0.25, 0.3) is 0 Å². The van der Waals surface area contributed by atoms with Gasteiger partial charge in [0.05, 0.1) is 32.0 Å². The number of rotatable bonds is 3. The standard InChI is InChI=1S/C19H27ClO4/c1-10-13-6-11(7-15(10)21)19(2,3)24-17(13)14-8-12(20)9-16(22-4)18(14)23-5/h8-11,13,15,17,21H,6-7H2,1-5H3/t10-,11?,13?,15-,17+/m0/s1. The van der Waals surface area contributed by atoms with Gasteiger partial charge in [-0.25, -0.2) is 0 Å². The molecule has 0 amide bonds. The van der Waals surface area contributed by atoms with Crippen LogP contribution in [0.15, 0.2) is 12.1 Å². The number of aliphatic hydroxyl groups excluding tert-OH is 1. The van der Waals surface area contributed by atoms with Crippen molar-refractivity contribution in [1.82, 2.24) is 0 Å². The molecule has 4 nitrogen and oxygen atoms in total. The quantitative estimate of drug-likeness (QED) is 0.882. The van der Waals surface area contributed by atoms with E-state index in [-0.39, 0.29) is 29.6 Å². The summed E-state index contributed by atoms with van der Waals surface area (Å²) >= 11 is 6.31. The Morgan fingerprint density at radius 3 is 2.54 bits per heavy atom. The molecule has 5 atom stereocenters. The fourth-order valence-corrected chi connectivity index (χ4v) is 4.59. The molecule has 3 rings (SSSR count). The molecule has 134 valence electrons. The first kappa shape index (κ1) is 17.8. The van der Waals surface area contributed by atoms with E-state index in [9.17, 15) is 5.11 Å². The van der Waals surface area contributed by atoms with Crippen LogP contribution >= 0.6 is 11.6 Å². The fraction of sp³-hybridized carbons (Fsp3) is 0.684. The van der Waals surface area contributed by atoms with Crippen LogP contribution in [0.4, 0.5) is 0 Å². The Bertz CT molecular complexity index is 616. The van der Waals surface area contributed by atoms with Gasteiger partial charge in [-0.05, 0) is 50.5 Å². The minimum atomic E-state index is -0.303. The van der Waals surface area contributed by atoms with Crippen LogP contribution in [0.3, 0.4) is 0 Å². The Balaban J connectivity index is 2.09. The van der Waals surface area contributed by atoms with E-state index in [4.69, 9.17) is 25.8 Å². The highest BCUT2D eigenvalue weighted by Crippen LogP contribution is 2.55. The Labute approximate surface area is 149 Å². The Hall–Kier alpha value is -0.970. The molecule has 0 radical (unpaired) electrons. The van der Waals surface area contributed by atoms with Gasteiger partial charge in [0.2, 0.25) is 0 Å². The van der Waals surface area contributed by atoms with Gasteiger partial charge in [-0.15, -0.1) is 0 Å². The second-order valence-corrected chi connectivity index (χ2v) is 8.07. The van der Waals surface area contributed by atoms with Gasteiger partial charge in [-0.2, -0.15) is 0 Å². The smallest absolute Gasteiger partial charge is 0.166 e. The lowest BCUT2D eigenvalue weighted by molar-refractivity contribution is -0.215. The molecule has 24 heavy (non-hydrogen) atoms. The summed E-state index contributed by atoms with van der Waals surface area (Å²) in [6.45, 7) is 6.32. The van der Waals surface area contributed by atoms with Gasteiger partial charge < -0.3 is 19.3 Å². The summed E-state index contributed by atoms with van der Waals surface area (Å²) in [6, 6.07) is 3.65. The van der Waals surface area contributed by atoms with Crippen LogP contribution in [0.2, 0.25) is 5.02 Å². The second-order valence-electron chi connectivity index (χ2n) is 7.63. The van der Waals surface area contributed by atoms with Crippen molar-refractivity contribution in [2.24, 2.45) is 17.8 Å². The number of methoxy groups -OCH3 is 2. The lowest BCUT2D eigenvalue weighted by Crippen LogP contribution is -2.52. The van der Waals surface area contributed by atoms with E-state index >= 15 is 0 Å². The molecular weight excluding hydrogens is 328 g/mol. The SMILES string of the molecule is COc1cc(Cl)cc([C@@H]2OC(C)(C)C3CC2[C@H](C)[C@@H](O)C3)c1OC. The van der Waals surface area contributed by atoms with Crippen molar-refractivity contribution in [1.29, 1.82) is 0 Å². The van der Waals surface area contributed by atoms with Crippen molar-refractivity contribution in [3.8, 4) is 11.5 Å². The third-order valence-corrected chi connectivity index (χ3v) is 6.16. The molecule has 1 N–H and O–H groups in total. The summed E-state index contributed by atoms with van der Waals surface area (Å²) in [5.74, 6) is 2.01. The van der Waals surface area contributed by atoms with Gasteiger partial charge in [0.15, 0.2) is 11.5 Å². The highest BCUT2D eigenvalue weighted by Gasteiger charge is 2.51. The minimum Gasteiger partial charge on any atom is -0.493 e. The first-order chi connectivity index (χ1) is 11.3. The number of benzene rings is 1. The molecule has 2 unspecified atom stereocenters. The van der Waals surface area contributed by atoms with Gasteiger partial charge in [-0.1, -0.05) is 18.5 Å². The zero-order chi connectivity index (χ0) is 17.6. The van der Waals surface area contributed by atoms with Crippen LogP contribution in [0.1, 0.15) is 45.3 Å². The van der Waals surface area contributed by atoms with Crippen LogP contribution in [0.5, 0.6) is 11.5 Å². The van der Waals surface area contributed by atoms with Gasteiger partial charge in [0.25, 0.3) is 0 Å². The summed E-state index contributed by atoms with van der Waals surface area (Å²) in [4.78, 5) is 0. The van der Waals surface area contributed by atoms with Crippen LogP contribution < -0.4 is 9.47 Å². The molecule has 1 aromatic carbocycles. The van der Waals surface area contributed by atoms with Gasteiger partial charge >= 0.3 is 0 Å². The van der Waals surface area contributed by atoms with Crippen LogP contribution in [0, 0.1) is 17.8 Å². The monoisotopic (exact) mass is 354 g/mol. The minimum absolute atomic E-state index is 0.164. The average molecular weight is 355 g/mol. The molecule has 1 aliphatic heterocycles. The maximum Gasteiger partial charge on any atom is 0.166 e. The van der Waals surface area contributed by atoms with Crippen molar-refractivity contribution in [3.05, 3.63) is 22.7 Å². The molecule has 0 spiro atoms. The van der Waals surface area contributed by atoms with E-state index in [2.05, 4.69) is 20.8 Å². The van der Waals surface area contributed by atoms with Crippen molar-refractivity contribution in [3.63, 3.8) is 0 Å². The topological polar surface area (TPSA) is 47.9 Å². The number of hydrogen-bond acceptors (Lipinski definition) is 4. The highest BCUT2D eigenvalue weighted by atomic mass is 35.5. The maximum atomic E-state index is 10.5. The van der Waals surface area contributed by atoms with Gasteiger partial charge in [0, 0.05) is 16.7 Å². The zero-order valence-electron chi connectivity index (χ0n) is 15.0. The predicted molar refractivity (Wildman–Crippen MR) is 93.8 cm³/mol. The van der Waals surface area contributed by atoms with E-state index in [1.807, 2.05) is 6.07 Å². The molecule has 1 saturated carbocycles. The van der Waals surface area contributed by atoms with Crippen molar-refractivity contribution < 1.29 is 19.3 Å². The van der Waals surface area contributed by atoms with E-state index < -0.39 is 0 Å². The molecule has 0 aromatic heterocycles. The van der Waals surface area contributed by atoms with E-state index in [0.717, 1.165) is 18.4 Å². The Kier molecular flexibility index (Phi) is 4.75. The molecular formula is C19H27ClO4. The third-order valence-electron chi connectivity index (χ3n) is 5.95. The van der Waals surface area contributed by atoms with Crippen molar-refractivity contribution in [2.45, 2.75) is 51.4 Å². The summed E-state index contributed by atoms with van der Waals surface area (Å²) in [5.41, 5.74) is 0.599. The number of hydrogen-bond donors (Lipinski definition) is 1. The summed E-state index contributed by atoms with van der Waals surface area (Å²) in [5, 5.41) is 11.1. The zero-order valence-corrected chi connectivity index (χ0v) is 15.8. The normalized spacial score (nSPS) is 34.7. The number of ether oxygens (including phenoxy) is 3. The molecule has 5 heteroatoms. The fourth-order valence-electron chi connectivity index (χ4n) is 4.37. The van der Waals surface area contributed by atoms with E-state index in [1.165, 1.54) is 0 Å². The van der Waals surface area contributed by atoms with Crippen LogP contribution in [-0.2, 0) is 4.74 Å². The number of fused-ring (bicyclic) bond motifs is 2. The number of aliphatic hydroxyl groups is 1. The predicted octanol–water partition coefficient (Wildman–Crippen LogP) is 4.23. The van der Waals surface area contributed by atoms with Crippen molar-refractivity contribution in [2.75, 3.05) is 14.2 Å². The van der Waals surface area contributed by atoms with E-state index in [1.54, 1.807) is 20.3 Å². The summed E-state index contributed by atoms with van der Waals surface area (Å²) in [7, 11) is 3.23. The van der Waals surface area contributed by atoms with Crippen LogP contribution in [-0.4, -0.2) is 31.0 Å². The first-order valence-electron chi connectivity index (χ1n) is 8.55. The second kappa shape index (κ2) is 6.40. The first-order valence-corrected chi connectivity index (χ1v) is 8.93. The molecule has 2 aliphatic rings. The molecule has 2 fully saturated rings. The largest absolute Gasteiger partial charge is 0.493 e. The molecule has 1 heterocycles. The molecule has 1 saturated heterocycles. The molecule has 1 aliphatic carbocycles. The number of halogens is 1. The van der Waals surface area contributed by atoms with Crippen molar-refractivity contribution >= 4 is 11.6 Å².